The molecule has 3 unspecified atom stereocenters. The summed E-state index contributed by atoms with van der Waals surface area (Å²) in [7, 11) is 0. The Kier molecular flexibility index (Phi) is 11.7. The molecule has 3 aliphatic heterocycles. The van der Waals surface area contributed by atoms with Crippen LogP contribution in [0.2, 0.25) is 0 Å². The maximum Gasteiger partial charge on any atom is 0.417 e. The Morgan fingerprint density at radius 3 is 2.38 bits per heavy atom. The highest BCUT2D eigenvalue weighted by Gasteiger charge is 2.40. The maximum absolute atomic E-state index is 16.0. The van der Waals surface area contributed by atoms with Gasteiger partial charge in [0.05, 0.1) is 11.3 Å². The van der Waals surface area contributed by atoms with Crippen LogP contribution in [0.25, 0.3) is 17.1 Å². The lowest BCUT2D eigenvalue weighted by atomic mass is 9.87. The number of aryl methyl sites for hydroxylation is 2. The van der Waals surface area contributed by atoms with Gasteiger partial charge in [-0.25, -0.2) is 23.6 Å². The third-order valence-corrected chi connectivity index (χ3v) is 12.5. The lowest BCUT2D eigenvalue weighted by Crippen LogP contribution is -2.52. The minimum absolute atomic E-state index is 0.0688. The van der Waals surface area contributed by atoms with Crippen LogP contribution in [0.15, 0.2) is 65.2 Å². The summed E-state index contributed by atoms with van der Waals surface area (Å²) in [6, 6.07) is 10.2. The van der Waals surface area contributed by atoms with E-state index in [1.54, 1.807) is 61.2 Å². The number of rotatable bonds is 9. The Labute approximate surface area is 367 Å². The molecule has 5 N–H and O–H groups in total. The number of amides is 5. The Morgan fingerprint density at radius 2 is 1.70 bits per heavy atom. The largest absolute Gasteiger partial charge is 0.508 e. The number of H-pyrrole nitrogens is 1. The number of nitrogens with one attached hydrogen (secondary N) is 3. The number of imide groups is 1. The van der Waals surface area contributed by atoms with E-state index in [9.17, 15) is 39.0 Å². The lowest BCUT2D eigenvalue weighted by Gasteiger charge is -2.38. The summed E-state index contributed by atoms with van der Waals surface area (Å²) >= 11 is 0. The highest BCUT2D eigenvalue weighted by molar-refractivity contribution is 6.06. The zero-order valence-electron chi connectivity index (χ0n) is 36.0. The number of piperidine rings is 1. The molecule has 334 valence electrons. The molecule has 4 aliphatic rings. The average Bonchev–Trinajstić information content (AvgIpc) is 3.79. The van der Waals surface area contributed by atoms with Gasteiger partial charge in [0.1, 0.15) is 29.1 Å². The Bertz CT molecular complexity index is 2710. The predicted molar refractivity (Wildman–Crippen MR) is 232 cm³/mol. The molecule has 2 fully saturated rings. The fraction of sp³-hybridized carbons (Fsp3) is 0.370. The first-order valence-electron chi connectivity index (χ1n) is 21.2. The van der Waals surface area contributed by atoms with Gasteiger partial charge in [-0.1, -0.05) is 32.9 Å². The summed E-state index contributed by atoms with van der Waals surface area (Å²) in [6.07, 6.45) is 2.63. The minimum atomic E-state index is -0.804. The van der Waals surface area contributed by atoms with Gasteiger partial charge in [0.15, 0.2) is 5.82 Å². The molecular formula is C46H49FN8O9. The second kappa shape index (κ2) is 17.2. The number of allylic oxidation sites excluding steroid dienone is 3. The van der Waals surface area contributed by atoms with Crippen molar-refractivity contribution in [2.45, 2.75) is 66.0 Å². The van der Waals surface area contributed by atoms with Gasteiger partial charge < -0.3 is 24.7 Å². The number of piperazine rings is 1. The average molecular weight is 877 g/mol. The number of nitrogens with zero attached hydrogens (tertiary/aromatic N) is 5. The van der Waals surface area contributed by atoms with E-state index in [0.717, 1.165) is 0 Å². The number of anilines is 1. The molecule has 0 bridgehead atoms. The quantitative estimate of drug-likeness (QED) is 0.138. The summed E-state index contributed by atoms with van der Waals surface area (Å²) < 4.78 is 22.9. The number of carbonyl (C=O) groups excluding carboxylic acids is 5. The number of hydrogen-bond donors (Lipinski definition) is 5. The van der Waals surface area contributed by atoms with Crippen LogP contribution in [0.3, 0.4) is 0 Å². The molecule has 1 aliphatic carbocycles. The number of hydrogen-bond acceptors (Lipinski definition) is 11. The van der Waals surface area contributed by atoms with E-state index in [0.29, 0.717) is 71.8 Å². The number of phenols is 2. The van der Waals surface area contributed by atoms with Crippen molar-refractivity contribution < 1.29 is 43.3 Å². The van der Waals surface area contributed by atoms with Crippen LogP contribution < -0.4 is 21.1 Å². The van der Waals surface area contributed by atoms with Crippen molar-refractivity contribution in [2.24, 2.45) is 11.8 Å². The molecular weight excluding hydrogens is 828 g/mol. The number of ether oxygens (including phenoxy) is 1. The molecule has 2 saturated heterocycles. The number of benzene rings is 3. The molecule has 17 nitrogen and oxygen atoms in total. The zero-order valence-corrected chi connectivity index (χ0v) is 36.0. The van der Waals surface area contributed by atoms with E-state index in [4.69, 9.17) is 4.74 Å². The fourth-order valence-corrected chi connectivity index (χ4v) is 9.04. The first-order chi connectivity index (χ1) is 30.5. The molecule has 4 aromatic rings. The zero-order chi connectivity index (χ0) is 45.7. The topological polar surface area (TPSA) is 220 Å². The Balaban J connectivity index is 0.873. The van der Waals surface area contributed by atoms with Gasteiger partial charge in [-0.3, -0.25) is 34.7 Å². The minimum Gasteiger partial charge on any atom is -0.508 e. The van der Waals surface area contributed by atoms with Crippen molar-refractivity contribution >= 4 is 41.1 Å². The first-order valence-corrected chi connectivity index (χ1v) is 21.2. The van der Waals surface area contributed by atoms with Gasteiger partial charge in [0, 0.05) is 80.1 Å². The van der Waals surface area contributed by atoms with Crippen molar-refractivity contribution in [3.8, 4) is 28.6 Å². The van der Waals surface area contributed by atoms with Crippen molar-refractivity contribution in [2.75, 3.05) is 38.0 Å². The molecule has 0 radical (unpaired) electrons. The van der Waals surface area contributed by atoms with Gasteiger partial charge in [-0.05, 0) is 85.2 Å². The van der Waals surface area contributed by atoms with Crippen LogP contribution in [0.5, 0.6) is 17.2 Å². The van der Waals surface area contributed by atoms with E-state index in [2.05, 4.69) is 25.7 Å². The monoisotopic (exact) mass is 876 g/mol. The Morgan fingerprint density at radius 1 is 0.984 bits per heavy atom. The Hall–Kier alpha value is -7.08. The molecule has 5 amide bonds. The molecule has 1 aromatic heterocycles. The van der Waals surface area contributed by atoms with Crippen LogP contribution in [0.1, 0.15) is 82.5 Å². The van der Waals surface area contributed by atoms with Crippen LogP contribution in [0.4, 0.5) is 14.9 Å². The standard InChI is InChI=1S/C46H49FN8O9/c1-23(2)30-19-31(38(57)20-37(30)56)41-50-51-45(62)55(41)28-17-24(3)32(34(47)18-28)21-52-11-13-53(14-12-52)43(60)27-15-25(4)40(26(5)16-27)64-46(63)48-35-8-6-7-29-33(35)22-54(44(29)61)36-9-10-39(58)49-42(36)59/h6-8,15-20,23-24,32,36,56-57H,9-14,21-22H2,1-5H3,(H,48,63)(H,51,62)(H,49,58,59). The number of carbonyl (C=O) groups is 5. The number of aromatic hydroxyl groups is 2. The highest BCUT2D eigenvalue weighted by Crippen LogP contribution is 2.39. The molecule has 4 heterocycles. The van der Waals surface area contributed by atoms with E-state index in [1.807, 2.05) is 20.8 Å². The first kappa shape index (κ1) is 43.6. The summed E-state index contributed by atoms with van der Waals surface area (Å²) in [5.41, 5.74) is 3.17. The SMILES string of the molecule is Cc1cc(C(=O)N2CCN(CC3C(F)=CC(n4c(-c5cc(C(C)C)c(O)cc5O)n[nH]c4=O)=CC3C)CC2)cc(C)c1OC(=O)Nc1cccc2c1CN(C1CCC(=O)NC1=O)C2=O. The van der Waals surface area contributed by atoms with Gasteiger partial charge >= 0.3 is 11.8 Å². The van der Waals surface area contributed by atoms with Gasteiger partial charge in [0.25, 0.3) is 11.8 Å². The second-order valence-corrected chi connectivity index (χ2v) is 17.1. The van der Waals surface area contributed by atoms with E-state index in [1.165, 1.54) is 21.6 Å². The van der Waals surface area contributed by atoms with Gasteiger partial charge in [0.2, 0.25) is 11.8 Å². The van der Waals surface area contributed by atoms with E-state index >= 15 is 4.39 Å². The summed E-state index contributed by atoms with van der Waals surface area (Å²) in [5, 5.41) is 32.6. The molecule has 18 heteroatoms. The summed E-state index contributed by atoms with van der Waals surface area (Å²) in [5.74, 6) is -2.83. The van der Waals surface area contributed by atoms with Crippen molar-refractivity contribution in [1.29, 1.82) is 0 Å². The lowest BCUT2D eigenvalue weighted by molar-refractivity contribution is -0.136. The van der Waals surface area contributed by atoms with Crippen molar-refractivity contribution in [1.82, 2.24) is 34.8 Å². The normalized spacial score (nSPS) is 20.2. The maximum atomic E-state index is 16.0. The third-order valence-electron chi connectivity index (χ3n) is 12.5. The van der Waals surface area contributed by atoms with Crippen molar-refractivity contribution in [3.63, 3.8) is 0 Å². The third kappa shape index (κ3) is 8.27. The van der Waals surface area contributed by atoms with Gasteiger partial charge in [-0.15, -0.1) is 0 Å². The van der Waals surface area contributed by atoms with E-state index in [-0.39, 0.29) is 83.3 Å². The van der Waals surface area contributed by atoms with Crippen LogP contribution in [-0.2, 0) is 16.1 Å². The van der Waals surface area contributed by atoms with Crippen molar-refractivity contribution in [3.05, 3.63) is 104 Å². The predicted octanol–water partition coefficient (Wildman–Crippen LogP) is 5.18. The van der Waals surface area contributed by atoms with E-state index < -0.39 is 35.5 Å². The summed E-state index contributed by atoms with van der Waals surface area (Å²) in [6.45, 7) is 11.4. The summed E-state index contributed by atoms with van der Waals surface area (Å²) in [4.78, 5) is 82.7. The molecule has 3 aromatic carbocycles. The molecule has 64 heavy (non-hydrogen) atoms. The van der Waals surface area contributed by atoms with Crippen LogP contribution in [0, 0.1) is 25.7 Å². The number of fused-ring (bicyclic) bond motifs is 1. The molecule has 0 saturated carbocycles. The molecule has 3 atom stereocenters. The fourth-order valence-electron chi connectivity index (χ4n) is 9.04. The number of aromatic nitrogens is 3. The second-order valence-electron chi connectivity index (χ2n) is 17.1. The highest BCUT2D eigenvalue weighted by atomic mass is 19.1. The molecule has 0 spiro atoms. The van der Waals surface area contributed by atoms with Crippen LogP contribution >= 0.6 is 0 Å². The number of aromatic amines is 1. The number of phenolic OH excluding ortho intramolecular Hbond substituents is 2. The van der Waals surface area contributed by atoms with Gasteiger partial charge in [-0.2, -0.15) is 5.10 Å². The smallest absolute Gasteiger partial charge is 0.417 e. The molecule has 8 rings (SSSR count). The van der Waals surface area contributed by atoms with Crippen LogP contribution in [-0.4, -0.2) is 108 Å². The number of halogens is 1.